The molecule has 8 nitrogen and oxygen atoms in total. The second-order valence-electron chi connectivity index (χ2n) is 7.87. The van der Waals surface area contributed by atoms with E-state index in [9.17, 15) is 23.3 Å². The standard InChI is InChI=1S/C23H31N3O5S/c1-4-6-8-18(5-2)16-24-23(27)20-13-11-19(12-14-20)17-25(32(3,30)31)21-9-7-10-22(15-21)26(28)29/h7,9-15,18H,4-6,8,16-17H2,1-3H3,(H,24,27)/t18-/m0/s1. The number of rotatable bonds is 12. The van der Waals surface area contributed by atoms with E-state index in [0.29, 0.717) is 23.6 Å². The Morgan fingerprint density at radius 2 is 1.84 bits per heavy atom. The lowest BCUT2D eigenvalue weighted by Crippen LogP contribution is -2.30. The highest BCUT2D eigenvalue weighted by Gasteiger charge is 2.20. The lowest BCUT2D eigenvalue weighted by Gasteiger charge is -2.22. The summed E-state index contributed by atoms with van der Waals surface area (Å²) in [6.07, 6.45) is 5.43. The van der Waals surface area contributed by atoms with Crippen LogP contribution in [0.25, 0.3) is 0 Å². The first kappa shape index (κ1) is 25.3. The van der Waals surface area contributed by atoms with Gasteiger partial charge in [0.05, 0.1) is 23.4 Å². The molecule has 1 atom stereocenters. The molecule has 0 bridgehead atoms. The molecule has 0 aliphatic carbocycles. The fourth-order valence-corrected chi connectivity index (χ4v) is 4.25. The molecule has 0 aliphatic heterocycles. The van der Waals surface area contributed by atoms with E-state index in [1.54, 1.807) is 24.3 Å². The Morgan fingerprint density at radius 3 is 2.41 bits per heavy atom. The van der Waals surface area contributed by atoms with Gasteiger partial charge in [-0.25, -0.2) is 8.42 Å². The van der Waals surface area contributed by atoms with Crippen LogP contribution in [0.3, 0.4) is 0 Å². The summed E-state index contributed by atoms with van der Waals surface area (Å²) in [6, 6.07) is 12.2. The van der Waals surface area contributed by atoms with E-state index >= 15 is 0 Å². The van der Waals surface area contributed by atoms with E-state index in [0.717, 1.165) is 36.2 Å². The van der Waals surface area contributed by atoms with Gasteiger partial charge in [-0.2, -0.15) is 0 Å². The lowest BCUT2D eigenvalue weighted by atomic mass is 9.99. The molecule has 0 heterocycles. The van der Waals surface area contributed by atoms with E-state index in [2.05, 4.69) is 19.2 Å². The van der Waals surface area contributed by atoms with E-state index < -0.39 is 14.9 Å². The van der Waals surface area contributed by atoms with Crippen molar-refractivity contribution in [1.82, 2.24) is 5.32 Å². The number of hydrogen-bond acceptors (Lipinski definition) is 5. The van der Waals surface area contributed by atoms with Crippen LogP contribution in [-0.4, -0.2) is 32.0 Å². The molecule has 1 amide bonds. The molecule has 0 spiro atoms. The van der Waals surface area contributed by atoms with Crippen LogP contribution in [0.1, 0.15) is 55.5 Å². The van der Waals surface area contributed by atoms with Crippen LogP contribution in [0.5, 0.6) is 0 Å². The van der Waals surface area contributed by atoms with Gasteiger partial charge in [-0.15, -0.1) is 0 Å². The lowest BCUT2D eigenvalue weighted by molar-refractivity contribution is -0.384. The minimum absolute atomic E-state index is 0.00315. The SMILES string of the molecule is CCCC[C@H](CC)CNC(=O)c1ccc(CN(c2cccc([N+](=O)[O-])c2)S(C)(=O)=O)cc1. The Bertz CT molecular complexity index is 1020. The Kier molecular flexibility index (Phi) is 9.19. The van der Waals surface area contributed by atoms with Crippen LogP contribution < -0.4 is 9.62 Å². The van der Waals surface area contributed by atoms with E-state index in [4.69, 9.17) is 0 Å². The Labute approximate surface area is 189 Å². The smallest absolute Gasteiger partial charge is 0.271 e. The molecule has 174 valence electrons. The van der Waals surface area contributed by atoms with Crippen molar-refractivity contribution < 1.29 is 18.1 Å². The number of nitrogens with one attached hydrogen (secondary N) is 1. The van der Waals surface area contributed by atoms with Crippen molar-refractivity contribution in [3.05, 3.63) is 69.8 Å². The maximum absolute atomic E-state index is 12.5. The normalized spacial score (nSPS) is 12.2. The average Bonchev–Trinajstić information content (AvgIpc) is 2.77. The monoisotopic (exact) mass is 461 g/mol. The van der Waals surface area contributed by atoms with Gasteiger partial charge < -0.3 is 5.32 Å². The van der Waals surface area contributed by atoms with Crippen molar-refractivity contribution >= 4 is 27.3 Å². The van der Waals surface area contributed by atoms with Crippen molar-refractivity contribution in [3.8, 4) is 0 Å². The largest absolute Gasteiger partial charge is 0.352 e. The van der Waals surface area contributed by atoms with Gasteiger partial charge in [-0.05, 0) is 36.1 Å². The molecule has 2 aromatic carbocycles. The van der Waals surface area contributed by atoms with Gasteiger partial charge in [0, 0.05) is 24.2 Å². The third-order valence-electron chi connectivity index (χ3n) is 5.37. The number of nitrogens with zero attached hydrogens (tertiary/aromatic N) is 2. The maximum atomic E-state index is 12.5. The molecule has 0 aliphatic rings. The number of benzene rings is 2. The minimum atomic E-state index is -3.68. The second kappa shape index (κ2) is 11.6. The predicted molar refractivity (Wildman–Crippen MR) is 126 cm³/mol. The Hall–Kier alpha value is -2.94. The number of carbonyl (C=O) groups excluding carboxylic acids is 1. The zero-order valence-corrected chi connectivity index (χ0v) is 19.6. The molecule has 2 rings (SSSR count). The molecular weight excluding hydrogens is 430 g/mol. The van der Waals surface area contributed by atoms with Crippen molar-refractivity contribution in [2.24, 2.45) is 5.92 Å². The summed E-state index contributed by atoms with van der Waals surface area (Å²) < 4.78 is 25.8. The van der Waals surface area contributed by atoms with Crippen LogP contribution in [-0.2, 0) is 16.6 Å². The first-order valence-corrected chi connectivity index (χ1v) is 12.6. The van der Waals surface area contributed by atoms with Gasteiger partial charge in [0.15, 0.2) is 0 Å². The first-order chi connectivity index (χ1) is 15.2. The van der Waals surface area contributed by atoms with E-state index in [1.807, 2.05) is 0 Å². The molecule has 0 fully saturated rings. The highest BCUT2D eigenvalue weighted by molar-refractivity contribution is 7.92. The molecule has 32 heavy (non-hydrogen) atoms. The molecule has 0 saturated heterocycles. The summed E-state index contributed by atoms with van der Waals surface area (Å²) in [5.74, 6) is 0.293. The van der Waals surface area contributed by atoms with Gasteiger partial charge in [-0.1, -0.05) is 51.3 Å². The third kappa shape index (κ3) is 7.33. The van der Waals surface area contributed by atoms with E-state index in [-0.39, 0.29) is 23.8 Å². The highest BCUT2D eigenvalue weighted by atomic mass is 32.2. The molecule has 0 unspecified atom stereocenters. The first-order valence-electron chi connectivity index (χ1n) is 10.7. The molecule has 9 heteroatoms. The van der Waals surface area contributed by atoms with Crippen LogP contribution in [0.15, 0.2) is 48.5 Å². The summed E-state index contributed by atoms with van der Waals surface area (Å²) in [6.45, 7) is 4.90. The van der Waals surface area contributed by atoms with Crippen molar-refractivity contribution in [3.63, 3.8) is 0 Å². The Balaban J connectivity index is 2.11. The minimum Gasteiger partial charge on any atom is -0.352 e. The van der Waals surface area contributed by atoms with Gasteiger partial charge >= 0.3 is 0 Å². The van der Waals surface area contributed by atoms with Crippen molar-refractivity contribution in [1.29, 1.82) is 0 Å². The van der Waals surface area contributed by atoms with Gasteiger partial charge in [0.25, 0.3) is 11.6 Å². The van der Waals surface area contributed by atoms with Gasteiger partial charge in [-0.3, -0.25) is 19.2 Å². The summed E-state index contributed by atoms with van der Waals surface area (Å²) in [4.78, 5) is 23.0. The molecule has 0 radical (unpaired) electrons. The number of non-ortho nitro benzene ring substituents is 1. The summed E-state index contributed by atoms with van der Waals surface area (Å²) in [5.41, 5.74) is 1.18. The number of hydrogen-bond donors (Lipinski definition) is 1. The second-order valence-corrected chi connectivity index (χ2v) is 9.78. The third-order valence-corrected chi connectivity index (χ3v) is 6.51. The van der Waals surface area contributed by atoms with Crippen LogP contribution in [0.4, 0.5) is 11.4 Å². The van der Waals surface area contributed by atoms with Crippen LogP contribution in [0, 0.1) is 16.0 Å². The Morgan fingerprint density at radius 1 is 1.16 bits per heavy atom. The number of unbranched alkanes of at least 4 members (excludes halogenated alkanes) is 1. The number of carbonyl (C=O) groups is 1. The van der Waals surface area contributed by atoms with Crippen LogP contribution in [0.2, 0.25) is 0 Å². The molecule has 1 N–H and O–H groups in total. The van der Waals surface area contributed by atoms with Crippen LogP contribution >= 0.6 is 0 Å². The molecule has 2 aromatic rings. The molecular formula is C23H31N3O5S. The quantitative estimate of drug-likeness (QED) is 0.369. The number of nitro benzene ring substituents is 1. The number of sulfonamides is 1. The van der Waals surface area contributed by atoms with E-state index in [1.165, 1.54) is 24.3 Å². The topological polar surface area (TPSA) is 110 Å². The summed E-state index contributed by atoms with van der Waals surface area (Å²) in [7, 11) is -3.68. The zero-order chi connectivity index (χ0) is 23.7. The fraction of sp³-hybridized carbons (Fsp3) is 0.435. The molecule has 0 saturated carbocycles. The van der Waals surface area contributed by atoms with Crippen molar-refractivity contribution in [2.75, 3.05) is 17.1 Å². The summed E-state index contributed by atoms with van der Waals surface area (Å²) in [5, 5.41) is 14.0. The zero-order valence-electron chi connectivity index (χ0n) is 18.8. The van der Waals surface area contributed by atoms with Gasteiger partial charge in [0.1, 0.15) is 0 Å². The highest BCUT2D eigenvalue weighted by Crippen LogP contribution is 2.25. The fourth-order valence-electron chi connectivity index (χ4n) is 3.37. The summed E-state index contributed by atoms with van der Waals surface area (Å²) >= 11 is 0. The maximum Gasteiger partial charge on any atom is 0.271 e. The predicted octanol–water partition coefficient (Wildman–Crippen LogP) is 4.51. The van der Waals surface area contributed by atoms with Crippen molar-refractivity contribution in [2.45, 2.75) is 46.1 Å². The number of anilines is 1. The average molecular weight is 462 g/mol. The number of nitro groups is 1. The number of amides is 1. The molecule has 0 aromatic heterocycles. The van der Waals surface area contributed by atoms with Gasteiger partial charge in [0.2, 0.25) is 10.0 Å².